The van der Waals surface area contributed by atoms with Crippen LogP contribution in [0, 0.1) is 12.8 Å². The molecule has 1 aliphatic rings. The molecule has 0 radical (unpaired) electrons. The smallest absolute Gasteiger partial charge is 0.307 e. The normalized spacial score (nSPS) is 17.3. The largest absolute Gasteiger partial charge is 0.493 e. The lowest BCUT2D eigenvalue weighted by molar-refractivity contribution is -0.143. The van der Waals surface area contributed by atoms with Gasteiger partial charge in [-0.25, -0.2) is 0 Å². The number of aryl methyl sites for hydroxylation is 1. The third-order valence-electron chi connectivity index (χ3n) is 6.12. The molecule has 1 fully saturated rings. The molecule has 1 aromatic heterocycles. The van der Waals surface area contributed by atoms with Gasteiger partial charge in [-0.2, -0.15) is 0 Å². The highest BCUT2D eigenvalue weighted by molar-refractivity contribution is 5.70. The van der Waals surface area contributed by atoms with E-state index in [4.69, 9.17) is 14.5 Å². The molecule has 0 amide bonds. The summed E-state index contributed by atoms with van der Waals surface area (Å²) in [7, 11) is 1.63. The number of nitrogens with zero attached hydrogens (tertiary/aromatic N) is 2. The minimum Gasteiger partial charge on any atom is -0.493 e. The molecule has 6 nitrogen and oxygen atoms in total. The molecule has 0 bridgehead atoms. The molecule has 33 heavy (non-hydrogen) atoms. The highest BCUT2D eigenvalue weighted by Crippen LogP contribution is 2.37. The Hall–Kier alpha value is -3.38. The van der Waals surface area contributed by atoms with Crippen molar-refractivity contribution in [3.8, 4) is 11.5 Å². The fraction of sp³-hybridized carbons (Fsp3) is 0.333. The van der Waals surface area contributed by atoms with Crippen molar-refractivity contribution in [1.29, 1.82) is 0 Å². The predicted molar refractivity (Wildman–Crippen MR) is 127 cm³/mol. The Labute approximate surface area is 194 Å². The fourth-order valence-electron chi connectivity index (χ4n) is 4.36. The van der Waals surface area contributed by atoms with Gasteiger partial charge in [0.2, 0.25) is 0 Å². The quantitative estimate of drug-likeness (QED) is 0.533. The van der Waals surface area contributed by atoms with Gasteiger partial charge in [-0.3, -0.25) is 14.7 Å². The van der Waals surface area contributed by atoms with E-state index in [1.807, 2.05) is 73.8 Å². The zero-order valence-corrected chi connectivity index (χ0v) is 19.1. The van der Waals surface area contributed by atoms with Crippen molar-refractivity contribution < 1.29 is 19.4 Å². The maximum Gasteiger partial charge on any atom is 0.307 e. The fourth-order valence-corrected chi connectivity index (χ4v) is 4.36. The van der Waals surface area contributed by atoms with Crippen LogP contribution in [0.5, 0.6) is 11.5 Å². The summed E-state index contributed by atoms with van der Waals surface area (Å²) in [6.07, 6.45) is 3.40. The van der Waals surface area contributed by atoms with Crippen molar-refractivity contribution in [2.45, 2.75) is 32.4 Å². The average molecular weight is 447 g/mol. The summed E-state index contributed by atoms with van der Waals surface area (Å²) in [6, 6.07) is 19.8. The van der Waals surface area contributed by atoms with Gasteiger partial charge in [0.05, 0.1) is 24.8 Å². The molecule has 2 aromatic carbocycles. The monoisotopic (exact) mass is 446 g/mol. The van der Waals surface area contributed by atoms with Gasteiger partial charge in [-0.1, -0.05) is 42.5 Å². The minimum absolute atomic E-state index is 0.162. The van der Waals surface area contributed by atoms with Crippen molar-refractivity contribution >= 4 is 5.97 Å². The zero-order valence-electron chi connectivity index (χ0n) is 19.1. The van der Waals surface area contributed by atoms with Crippen molar-refractivity contribution in [3.63, 3.8) is 0 Å². The van der Waals surface area contributed by atoms with Gasteiger partial charge in [0.15, 0.2) is 11.5 Å². The van der Waals surface area contributed by atoms with Crippen LogP contribution in [0.2, 0.25) is 0 Å². The van der Waals surface area contributed by atoms with E-state index >= 15 is 0 Å². The van der Waals surface area contributed by atoms with E-state index in [1.54, 1.807) is 7.11 Å². The second-order valence-electron chi connectivity index (χ2n) is 8.52. The number of ether oxygens (including phenoxy) is 2. The summed E-state index contributed by atoms with van der Waals surface area (Å²) in [4.78, 5) is 18.6. The topological polar surface area (TPSA) is 71.9 Å². The Kier molecular flexibility index (Phi) is 7.25. The number of likely N-dealkylation sites (tertiary alicyclic amines) is 1. The number of piperidine rings is 1. The molecule has 1 saturated heterocycles. The Morgan fingerprint density at radius 2 is 1.97 bits per heavy atom. The van der Waals surface area contributed by atoms with Crippen LogP contribution < -0.4 is 9.47 Å². The Bertz CT molecular complexity index is 1070. The second-order valence-corrected chi connectivity index (χ2v) is 8.52. The lowest BCUT2D eigenvalue weighted by Crippen LogP contribution is -2.41. The van der Waals surface area contributed by atoms with E-state index in [2.05, 4.69) is 4.90 Å². The van der Waals surface area contributed by atoms with E-state index in [0.717, 1.165) is 35.3 Å². The van der Waals surface area contributed by atoms with E-state index < -0.39 is 5.97 Å². The molecule has 0 saturated carbocycles. The summed E-state index contributed by atoms with van der Waals surface area (Å²) in [6.45, 7) is 3.77. The molecule has 3 aromatic rings. The molecule has 172 valence electrons. The number of hydrogen-bond donors (Lipinski definition) is 1. The number of rotatable bonds is 8. The Morgan fingerprint density at radius 3 is 2.67 bits per heavy atom. The number of benzene rings is 2. The molecule has 2 unspecified atom stereocenters. The van der Waals surface area contributed by atoms with Crippen LogP contribution in [0.25, 0.3) is 0 Å². The molecule has 1 aliphatic heterocycles. The molecular formula is C27H30N2O4. The van der Waals surface area contributed by atoms with Gasteiger partial charge in [0.25, 0.3) is 0 Å². The van der Waals surface area contributed by atoms with Crippen LogP contribution in [0.3, 0.4) is 0 Å². The first-order chi connectivity index (χ1) is 16.0. The van der Waals surface area contributed by atoms with Crippen LogP contribution in [0.15, 0.2) is 66.9 Å². The summed E-state index contributed by atoms with van der Waals surface area (Å²) in [5, 5.41) is 9.61. The van der Waals surface area contributed by atoms with Gasteiger partial charge in [-0.05, 0) is 61.2 Å². The third kappa shape index (κ3) is 5.52. The molecule has 0 aliphatic carbocycles. The van der Waals surface area contributed by atoms with Crippen molar-refractivity contribution in [2.24, 2.45) is 5.92 Å². The highest BCUT2D eigenvalue weighted by Gasteiger charge is 2.32. The number of methoxy groups -OCH3 is 1. The number of aliphatic carboxylic acids is 1. The van der Waals surface area contributed by atoms with Crippen LogP contribution in [-0.2, 0) is 11.4 Å². The molecule has 2 atom stereocenters. The van der Waals surface area contributed by atoms with Gasteiger partial charge >= 0.3 is 5.97 Å². The van der Waals surface area contributed by atoms with Crippen molar-refractivity contribution in [2.75, 3.05) is 20.2 Å². The number of carboxylic acids is 1. The van der Waals surface area contributed by atoms with Gasteiger partial charge in [0.1, 0.15) is 6.61 Å². The molecule has 6 heteroatoms. The van der Waals surface area contributed by atoms with Gasteiger partial charge in [-0.15, -0.1) is 0 Å². The number of hydrogen-bond acceptors (Lipinski definition) is 5. The first kappa shape index (κ1) is 22.8. The molecule has 2 heterocycles. The molecular weight excluding hydrogens is 416 g/mol. The molecule has 4 rings (SSSR count). The van der Waals surface area contributed by atoms with E-state index in [-0.39, 0.29) is 12.0 Å². The summed E-state index contributed by atoms with van der Waals surface area (Å²) >= 11 is 0. The van der Waals surface area contributed by atoms with Gasteiger partial charge < -0.3 is 14.6 Å². The molecule has 0 spiro atoms. The van der Waals surface area contributed by atoms with Crippen LogP contribution >= 0.6 is 0 Å². The third-order valence-corrected chi connectivity index (χ3v) is 6.12. The first-order valence-corrected chi connectivity index (χ1v) is 11.3. The SMILES string of the molecule is COc1cc(C(c2ccc(C)cn2)N2CCCC(C(=O)O)C2)ccc1OCc1ccccc1. The van der Waals surface area contributed by atoms with E-state index in [0.29, 0.717) is 31.1 Å². The standard InChI is InChI=1S/C27H30N2O4/c1-19-10-12-23(28-16-19)26(29-14-6-9-22(17-29)27(30)31)21-11-13-24(25(15-21)32-2)33-18-20-7-4-3-5-8-20/h3-5,7-8,10-13,15-16,22,26H,6,9,14,17-18H2,1-2H3,(H,30,31). The van der Waals surface area contributed by atoms with Crippen molar-refractivity contribution in [1.82, 2.24) is 9.88 Å². The van der Waals surface area contributed by atoms with E-state index in [9.17, 15) is 9.90 Å². The van der Waals surface area contributed by atoms with Crippen LogP contribution in [-0.4, -0.2) is 41.2 Å². The van der Waals surface area contributed by atoms with Crippen molar-refractivity contribution in [3.05, 3.63) is 89.2 Å². The van der Waals surface area contributed by atoms with Crippen LogP contribution in [0.4, 0.5) is 0 Å². The van der Waals surface area contributed by atoms with E-state index in [1.165, 1.54) is 0 Å². The summed E-state index contributed by atoms with van der Waals surface area (Å²) < 4.78 is 11.7. The number of carbonyl (C=O) groups is 1. The lowest BCUT2D eigenvalue weighted by Gasteiger charge is -2.37. The first-order valence-electron chi connectivity index (χ1n) is 11.3. The summed E-state index contributed by atoms with van der Waals surface area (Å²) in [5.41, 5.74) is 4.06. The molecule has 1 N–H and O–H groups in total. The second kappa shape index (κ2) is 10.5. The Morgan fingerprint density at radius 1 is 1.15 bits per heavy atom. The maximum absolute atomic E-state index is 11.7. The predicted octanol–water partition coefficient (Wildman–Crippen LogP) is 4.86. The maximum atomic E-state index is 11.7. The van der Waals surface area contributed by atoms with Crippen LogP contribution in [0.1, 0.15) is 41.3 Å². The van der Waals surface area contributed by atoms with Gasteiger partial charge in [0, 0.05) is 12.7 Å². The minimum atomic E-state index is -0.738. The zero-order chi connectivity index (χ0) is 23.2. The lowest BCUT2D eigenvalue weighted by atomic mass is 9.93. The highest BCUT2D eigenvalue weighted by atomic mass is 16.5. The number of aromatic nitrogens is 1. The number of carboxylic acid groups (broad SMARTS) is 1. The number of pyridine rings is 1. The Balaban J connectivity index is 1.64. The summed E-state index contributed by atoms with van der Waals surface area (Å²) in [5.74, 6) is 0.203. The average Bonchev–Trinajstić information content (AvgIpc) is 2.85.